The van der Waals surface area contributed by atoms with Crippen LogP contribution in [0.2, 0.25) is 0 Å². The van der Waals surface area contributed by atoms with Crippen LogP contribution in [0.4, 0.5) is 11.8 Å². The van der Waals surface area contributed by atoms with Gasteiger partial charge in [0.15, 0.2) is 0 Å². The van der Waals surface area contributed by atoms with Gasteiger partial charge in [-0.2, -0.15) is 4.98 Å². The van der Waals surface area contributed by atoms with Gasteiger partial charge in [-0.15, -0.1) is 0 Å². The molecule has 0 aromatic carbocycles. The lowest BCUT2D eigenvalue weighted by molar-refractivity contribution is 0.478. The Kier molecular flexibility index (Phi) is 5.23. The molecule has 0 amide bonds. The first-order valence-corrected chi connectivity index (χ1v) is 9.16. The van der Waals surface area contributed by atoms with E-state index in [1.165, 1.54) is 0 Å². The normalized spacial score (nSPS) is 16.0. The summed E-state index contributed by atoms with van der Waals surface area (Å²) >= 11 is 0. The van der Waals surface area contributed by atoms with Gasteiger partial charge in [0.2, 0.25) is 16.0 Å². The third-order valence-corrected chi connectivity index (χ3v) is 5.76. The van der Waals surface area contributed by atoms with E-state index in [4.69, 9.17) is 0 Å². The molecule has 1 aromatic heterocycles. The average Bonchev–Trinajstić information content (AvgIpc) is 2.97. The lowest BCUT2D eigenvalue weighted by atomic mass is 10.2. The standard InChI is InChI=1S/C14H25N5O2S/c1-11-12(2)16-14(18(3)4)17-13(11)15-7-10-22(20,21)19-8-5-6-9-19/h5-10H2,1-4H3,(H,15,16,17). The number of aromatic nitrogens is 2. The lowest BCUT2D eigenvalue weighted by Crippen LogP contribution is -2.32. The number of rotatable bonds is 6. The molecule has 0 aliphatic carbocycles. The number of nitrogens with zero attached hydrogens (tertiary/aromatic N) is 4. The molecule has 0 atom stereocenters. The highest BCUT2D eigenvalue weighted by Crippen LogP contribution is 2.18. The van der Waals surface area contributed by atoms with Crippen molar-refractivity contribution in [2.45, 2.75) is 26.7 Å². The average molecular weight is 327 g/mol. The molecule has 8 heteroatoms. The summed E-state index contributed by atoms with van der Waals surface area (Å²) in [6.45, 7) is 5.52. The highest BCUT2D eigenvalue weighted by Gasteiger charge is 2.24. The van der Waals surface area contributed by atoms with Gasteiger partial charge in [-0.25, -0.2) is 17.7 Å². The molecule has 7 nitrogen and oxygen atoms in total. The van der Waals surface area contributed by atoms with E-state index in [9.17, 15) is 8.42 Å². The third kappa shape index (κ3) is 3.86. The van der Waals surface area contributed by atoms with E-state index in [1.807, 2.05) is 32.8 Å². The van der Waals surface area contributed by atoms with E-state index in [-0.39, 0.29) is 5.75 Å². The van der Waals surface area contributed by atoms with Gasteiger partial charge < -0.3 is 10.2 Å². The maximum absolute atomic E-state index is 12.2. The van der Waals surface area contributed by atoms with Crippen molar-refractivity contribution >= 4 is 21.8 Å². The molecule has 0 unspecified atom stereocenters. The van der Waals surface area contributed by atoms with Crippen molar-refractivity contribution in [3.05, 3.63) is 11.3 Å². The van der Waals surface area contributed by atoms with Crippen LogP contribution in [0.5, 0.6) is 0 Å². The third-order valence-electron chi connectivity index (χ3n) is 3.89. The molecular weight excluding hydrogens is 302 g/mol. The summed E-state index contributed by atoms with van der Waals surface area (Å²) in [6, 6.07) is 0. The summed E-state index contributed by atoms with van der Waals surface area (Å²) in [5.74, 6) is 1.41. The first kappa shape index (κ1) is 17.0. The zero-order valence-electron chi connectivity index (χ0n) is 13.8. The van der Waals surface area contributed by atoms with E-state index < -0.39 is 10.0 Å². The molecule has 2 rings (SSSR count). The topological polar surface area (TPSA) is 78.4 Å². The Balaban J connectivity index is 2.02. The molecule has 1 aromatic rings. The van der Waals surface area contributed by atoms with Crippen molar-refractivity contribution in [1.82, 2.24) is 14.3 Å². The Morgan fingerprint density at radius 3 is 2.41 bits per heavy atom. The second-order valence-corrected chi connectivity index (χ2v) is 7.91. The predicted octanol–water partition coefficient (Wildman–Crippen LogP) is 0.997. The molecular formula is C14H25N5O2S. The zero-order valence-corrected chi connectivity index (χ0v) is 14.6. The summed E-state index contributed by atoms with van der Waals surface area (Å²) in [5, 5.41) is 3.15. The quantitative estimate of drug-likeness (QED) is 0.840. The number of anilines is 2. The van der Waals surface area contributed by atoms with Crippen molar-refractivity contribution in [1.29, 1.82) is 0 Å². The van der Waals surface area contributed by atoms with Crippen LogP contribution >= 0.6 is 0 Å². The second-order valence-electron chi connectivity index (χ2n) is 5.83. The monoisotopic (exact) mass is 327 g/mol. The summed E-state index contributed by atoms with van der Waals surface area (Å²) in [4.78, 5) is 10.7. The molecule has 2 heterocycles. The van der Waals surface area contributed by atoms with Crippen LogP contribution < -0.4 is 10.2 Å². The minimum absolute atomic E-state index is 0.0901. The Hall–Kier alpha value is -1.41. The maximum atomic E-state index is 12.2. The van der Waals surface area contributed by atoms with Gasteiger partial charge in [0.05, 0.1) is 5.75 Å². The molecule has 0 radical (unpaired) electrons. The van der Waals surface area contributed by atoms with Crippen molar-refractivity contribution in [3.63, 3.8) is 0 Å². The summed E-state index contributed by atoms with van der Waals surface area (Å²) < 4.78 is 26.0. The van der Waals surface area contributed by atoms with Crippen LogP contribution in [-0.2, 0) is 10.0 Å². The molecule has 22 heavy (non-hydrogen) atoms. The van der Waals surface area contributed by atoms with Crippen LogP contribution in [0, 0.1) is 13.8 Å². The summed E-state index contributed by atoms with van der Waals surface area (Å²) in [7, 11) is 0.599. The molecule has 1 aliphatic heterocycles. The number of aryl methyl sites for hydroxylation is 1. The highest BCUT2D eigenvalue weighted by atomic mass is 32.2. The van der Waals surface area contributed by atoms with E-state index in [1.54, 1.807) is 4.31 Å². The van der Waals surface area contributed by atoms with Crippen LogP contribution in [0.25, 0.3) is 0 Å². The van der Waals surface area contributed by atoms with Crippen LogP contribution in [0.15, 0.2) is 0 Å². The Labute approximate surface area is 132 Å². The molecule has 1 N–H and O–H groups in total. The van der Waals surface area contributed by atoms with Gasteiger partial charge in [-0.05, 0) is 26.7 Å². The SMILES string of the molecule is Cc1nc(N(C)C)nc(NCCS(=O)(=O)N2CCCC2)c1C. The van der Waals surface area contributed by atoms with Gasteiger partial charge >= 0.3 is 0 Å². The van der Waals surface area contributed by atoms with Crippen molar-refractivity contribution in [2.24, 2.45) is 0 Å². The van der Waals surface area contributed by atoms with Crippen molar-refractivity contribution in [2.75, 3.05) is 49.7 Å². The largest absolute Gasteiger partial charge is 0.369 e. The number of hydrogen-bond acceptors (Lipinski definition) is 6. The second kappa shape index (κ2) is 6.78. The first-order chi connectivity index (χ1) is 10.3. The highest BCUT2D eigenvalue weighted by molar-refractivity contribution is 7.89. The molecule has 0 bridgehead atoms. The first-order valence-electron chi connectivity index (χ1n) is 7.55. The molecule has 0 saturated carbocycles. The number of hydrogen-bond donors (Lipinski definition) is 1. The summed E-state index contributed by atoms with van der Waals surface area (Å²) in [5.41, 5.74) is 1.84. The van der Waals surface area contributed by atoms with Gasteiger partial charge in [-0.3, -0.25) is 0 Å². The van der Waals surface area contributed by atoms with Crippen LogP contribution in [-0.4, -0.2) is 62.2 Å². The van der Waals surface area contributed by atoms with E-state index >= 15 is 0 Å². The number of nitrogens with one attached hydrogen (secondary N) is 1. The van der Waals surface area contributed by atoms with E-state index in [2.05, 4.69) is 15.3 Å². The molecule has 124 valence electrons. The Morgan fingerprint density at radius 1 is 1.18 bits per heavy atom. The van der Waals surface area contributed by atoms with Crippen LogP contribution in [0.3, 0.4) is 0 Å². The number of sulfonamides is 1. The molecule has 1 fully saturated rings. The summed E-state index contributed by atoms with van der Waals surface area (Å²) in [6.07, 6.45) is 1.92. The predicted molar refractivity (Wildman–Crippen MR) is 88.9 cm³/mol. The van der Waals surface area contributed by atoms with Crippen LogP contribution in [0.1, 0.15) is 24.1 Å². The fraction of sp³-hybridized carbons (Fsp3) is 0.714. The Bertz CT molecular complexity index is 624. The molecule has 1 aliphatic rings. The molecule has 1 saturated heterocycles. The van der Waals surface area contributed by atoms with Gasteiger partial charge in [0.25, 0.3) is 0 Å². The van der Waals surface area contributed by atoms with Gasteiger partial charge in [0.1, 0.15) is 5.82 Å². The van der Waals surface area contributed by atoms with Gasteiger partial charge in [0, 0.05) is 45.0 Å². The van der Waals surface area contributed by atoms with Crippen molar-refractivity contribution < 1.29 is 8.42 Å². The smallest absolute Gasteiger partial charge is 0.227 e. The minimum atomic E-state index is -3.16. The minimum Gasteiger partial charge on any atom is -0.369 e. The van der Waals surface area contributed by atoms with Crippen molar-refractivity contribution in [3.8, 4) is 0 Å². The maximum Gasteiger partial charge on any atom is 0.227 e. The van der Waals surface area contributed by atoms with E-state index in [0.717, 1.165) is 24.1 Å². The fourth-order valence-electron chi connectivity index (χ4n) is 2.38. The van der Waals surface area contributed by atoms with Gasteiger partial charge in [-0.1, -0.05) is 0 Å². The zero-order chi connectivity index (χ0) is 16.3. The molecule has 0 spiro atoms. The lowest BCUT2D eigenvalue weighted by Gasteiger charge is -2.18. The fourth-order valence-corrected chi connectivity index (χ4v) is 3.81. The Morgan fingerprint density at radius 2 is 1.82 bits per heavy atom. The van der Waals surface area contributed by atoms with E-state index in [0.29, 0.717) is 31.4 Å².